The summed E-state index contributed by atoms with van der Waals surface area (Å²) in [6, 6.07) is 0. The summed E-state index contributed by atoms with van der Waals surface area (Å²) in [6.07, 6.45) is 11.4. The minimum Gasteiger partial charge on any atom is -0.415 e. The molecule has 8 atom stereocenters. The maximum absolute atomic E-state index is 13.2. The summed E-state index contributed by atoms with van der Waals surface area (Å²) in [5, 5.41) is 0. The molecular weight excluding hydrogens is 584 g/mol. The third kappa shape index (κ3) is 4.64. The van der Waals surface area contributed by atoms with Crippen LogP contribution >= 0.6 is 0 Å². The van der Waals surface area contributed by atoms with E-state index in [9.17, 15) is 19.2 Å². The van der Waals surface area contributed by atoms with Gasteiger partial charge in [-0.15, -0.1) is 0 Å². The number of rotatable bonds is 8. The monoisotopic (exact) mass is 642 g/mol. The van der Waals surface area contributed by atoms with Crippen molar-refractivity contribution in [3.63, 3.8) is 0 Å². The van der Waals surface area contributed by atoms with Crippen LogP contribution in [0.15, 0.2) is 11.6 Å². The molecule has 0 unspecified atom stereocenters. The summed E-state index contributed by atoms with van der Waals surface area (Å²) in [4.78, 5) is 52.1. The quantitative estimate of drug-likeness (QED) is 0.149. The molecule has 5 saturated carbocycles. The molecule has 5 rings (SSSR count). The minimum absolute atomic E-state index is 0.0143. The highest BCUT2D eigenvalue weighted by Gasteiger charge is 2.95. The van der Waals surface area contributed by atoms with Crippen molar-refractivity contribution >= 4 is 23.9 Å². The Morgan fingerprint density at radius 2 is 1.24 bits per heavy atom. The number of allylic oxidation sites excluding steroid dienone is 2. The van der Waals surface area contributed by atoms with Gasteiger partial charge in [0, 0.05) is 34.1 Å². The molecule has 5 aliphatic rings. The lowest BCUT2D eigenvalue weighted by Crippen LogP contribution is -2.76. The normalized spacial score (nSPS) is 39.6. The lowest BCUT2D eigenvalue weighted by atomic mass is 9.40. The Balaban J connectivity index is 1.68. The second-order valence-corrected chi connectivity index (χ2v) is 17.2. The van der Waals surface area contributed by atoms with Gasteiger partial charge in [0.15, 0.2) is 0 Å². The van der Waals surface area contributed by atoms with Gasteiger partial charge in [-0.05, 0) is 117 Å². The maximum atomic E-state index is 13.2. The van der Waals surface area contributed by atoms with Gasteiger partial charge in [-0.25, -0.2) is 0 Å². The number of carbonyl (C=O) groups is 4. The largest absolute Gasteiger partial charge is 0.415 e. The molecule has 5 fully saturated rings. The van der Waals surface area contributed by atoms with Crippen molar-refractivity contribution in [1.82, 2.24) is 0 Å². The number of esters is 4. The van der Waals surface area contributed by atoms with Crippen LogP contribution < -0.4 is 0 Å². The topological polar surface area (TPSA) is 105 Å². The van der Waals surface area contributed by atoms with Crippen LogP contribution in [0.2, 0.25) is 0 Å². The molecule has 0 amide bonds. The molecule has 0 N–H and O–H groups in total. The lowest BCUT2D eigenvalue weighted by Gasteiger charge is -2.67. The van der Waals surface area contributed by atoms with Crippen molar-refractivity contribution < 1.29 is 38.1 Å². The third-order valence-corrected chi connectivity index (χ3v) is 14.1. The molecule has 46 heavy (non-hydrogen) atoms. The number of ether oxygens (including phenoxy) is 4. The van der Waals surface area contributed by atoms with E-state index in [2.05, 4.69) is 54.5 Å². The van der Waals surface area contributed by atoms with Gasteiger partial charge in [0.1, 0.15) is 0 Å². The Labute approximate surface area is 276 Å². The van der Waals surface area contributed by atoms with Gasteiger partial charge >= 0.3 is 35.5 Å². The first kappa shape index (κ1) is 34.9. The number of fused-ring (bicyclic) bond motifs is 2. The van der Waals surface area contributed by atoms with Gasteiger partial charge in [-0.2, -0.15) is 0 Å². The van der Waals surface area contributed by atoms with Crippen LogP contribution in [0.3, 0.4) is 0 Å². The van der Waals surface area contributed by atoms with Crippen molar-refractivity contribution in [2.24, 2.45) is 50.7 Å². The zero-order chi connectivity index (χ0) is 34.3. The van der Waals surface area contributed by atoms with Crippen LogP contribution in [-0.4, -0.2) is 35.5 Å². The minimum atomic E-state index is -2.13. The average Bonchev–Trinajstić information content (AvgIpc) is 3.50. The van der Waals surface area contributed by atoms with Crippen molar-refractivity contribution in [2.45, 2.75) is 152 Å². The molecule has 5 aliphatic carbocycles. The number of hydrogen-bond acceptors (Lipinski definition) is 8. The molecule has 0 bridgehead atoms. The molecule has 0 aliphatic heterocycles. The molecule has 258 valence electrons. The first-order chi connectivity index (χ1) is 21.2. The smallest absolute Gasteiger partial charge is 0.340 e. The van der Waals surface area contributed by atoms with Crippen LogP contribution in [0.4, 0.5) is 0 Å². The second kappa shape index (κ2) is 11.1. The van der Waals surface area contributed by atoms with Crippen molar-refractivity contribution in [3.8, 4) is 0 Å². The fraction of sp³-hybridized carbons (Fsp3) is 0.842. The predicted molar refractivity (Wildman–Crippen MR) is 173 cm³/mol. The molecule has 0 radical (unpaired) electrons. The fourth-order valence-corrected chi connectivity index (χ4v) is 12.8. The lowest BCUT2D eigenvalue weighted by molar-refractivity contribution is -0.428. The Morgan fingerprint density at radius 1 is 0.696 bits per heavy atom. The summed E-state index contributed by atoms with van der Waals surface area (Å²) in [6.45, 7) is 21.0. The Kier molecular flexibility index (Phi) is 8.42. The van der Waals surface area contributed by atoms with Crippen LogP contribution in [0.25, 0.3) is 0 Å². The van der Waals surface area contributed by atoms with E-state index in [0.29, 0.717) is 18.3 Å². The van der Waals surface area contributed by atoms with Gasteiger partial charge < -0.3 is 18.9 Å². The Hall–Kier alpha value is -2.38. The molecular formula is C38H58O8. The van der Waals surface area contributed by atoms with Crippen molar-refractivity contribution in [3.05, 3.63) is 11.6 Å². The number of carbonyl (C=O) groups excluding carboxylic acids is 4. The molecule has 8 heteroatoms. The van der Waals surface area contributed by atoms with E-state index in [4.69, 9.17) is 18.9 Å². The highest BCUT2D eigenvalue weighted by Crippen LogP contribution is 2.92. The highest BCUT2D eigenvalue weighted by atomic mass is 16.8. The van der Waals surface area contributed by atoms with Crippen LogP contribution in [-0.2, 0) is 38.1 Å². The van der Waals surface area contributed by atoms with E-state index in [1.54, 1.807) is 0 Å². The SMILES string of the molecule is CC(=O)OC1(OC(C)=O)CC(C)(C)[C@@H]2CC[C@@H]3[C@]4(CC[C@]5(C)[C@@H]([C@H](C)CCC=C(C)C)CC[C@@]35C)C[C@@]24C1(OC(C)=O)OC(C)=O. The maximum Gasteiger partial charge on any atom is 0.340 e. The van der Waals surface area contributed by atoms with Gasteiger partial charge in [-0.1, -0.05) is 46.3 Å². The van der Waals surface area contributed by atoms with Gasteiger partial charge in [0.25, 0.3) is 0 Å². The fourth-order valence-electron chi connectivity index (χ4n) is 12.8. The summed E-state index contributed by atoms with van der Waals surface area (Å²) in [5.41, 5.74) is -0.239. The van der Waals surface area contributed by atoms with E-state index in [1.807, 2.05) is 0 Å². The van der Waals surface area contributed by atoms with E-state index in [0.717, 1.165) is 38.5 Å². The standard InChI is InChI=1S/C38H58O8/c1-23(2)13-12-14-24(3)29-17-18-34(11)31-16-15-30-32(8,9)21-37(43-25(4)39,44-26(5)40)38(45-27(6)41,46-28(7)42)36(30)22-35(31,36)20-19-33(29,34)10/h13,24,29-31H,12,14-22H2,1-11H3/t24-,29-,30+,31+,33-,34+,35+,36-/m1/s1. The van der Waals surface area contributed by atoms with E-state index < -0.39 is 46.3 Å². The average molecular weight is 643 g/mol. The summed E-state index contributed by atoms with van der Waals surface area (Å²) >= 11 is 0. The van der Waals surface area contributed by atoms with Gasteiger partial charge in [0.05, 0.1) is 5.41 Å². The Bertz CT molecular complexity index is 1290. The molecule has 0 aromatic heterocycles. The summed E-state index contributed by atoms with van der Waals surface area (Å²) in [5.74, 6) is -5.58. The summed E-state index contributed by atoms with van der Waals surface area (Å²) < 4.78 is 24.7. The molecule has 2 spiro atoms. The van der Waals surface area contributed by atoms with Gasteiger partial charge in [-0.3, -0.25) is 19.2 Å². The third-order valence-electron chi connectivity index (χ3n) is 14.1. The van der Waals surface area contributed by atoms with E-state index in [-0.39, 0.29) is 34.5 Å². The molecule has 0 saturated heterocycles. The van der Waals surface area contributed by atoms with Gasteiger partial charge in [0.2, 0.25) is 0 Å². The molecule has 0 aromatic rings. The molecule has 0 heterocycles. The van der Waals surface area contributed by atoms with Crippen LogP contribution in [0.5, 0.6) is 0 Å². The van der Waals surface area contributed by atoms with Crippen LogP contribution in [0.1, 0.15) is 140 Å². The highest BCUT2D eigenvalue weighted by molar-refractivity contribution is 5.73. The zero-order valence-corrected chi connectivity index (χ0v) is 30.2. The first-order valence-corrected chi connectivity index (χ1v) is 17.6. The van der Waals surface area contributed by atoms with Crippen molar-refractivity contribution in [2.75, 3.05) is 0 Å². The van der Waals surface area contributed by atoms with Crippen molar-refractivity contribution in [1.29, 1.82) is 0 Å². The molecule has 0 aromatic carbocycles. The zero-order valence-electron chi connectivity index (χ0n) is 30.2. The number of hydrogen-bond donors (Lipinski definition) is 0. The Morgan fingerprint density at radius 3 is 1.76 bits per heavy atom. The second-order valence-electron chi connectivity index (χ2n) is 17.2. The molecule has 8 nitrogen and oxygen atoms in total. The van der Waals surface area contributed by atoms with E-state index >= 15 is 0 Å². The summed E-state index contributed by atoms with van der Waals surface area (Å²) in [7, 11) is 0. The predicted octanol–water partition coefficient (Wildman–Crippen LogP) is 8.06. The first-order valence-electron chi connectivity index (χ1n) is 17.6. The van der Waals surface area contributed by atoms with E-state index in [1.165, 1.54) is 46.1 Å². The van der Waals surface area contributed by atoms with Crippen LogP contribution in [0, 0.1) is 50.7 Å².